The van der Waals surface area contributed by atoms with Crippen LogP contribution in [-0.2, 0) is 17.9 Å². The fourth-order valence-electron chi connectivity index (χ4n) is 3.71. The van der Waals surface area contributed by atoms with Crippen molar-refractivity contribution >= 4 is 50.5 Å². The second kappa shape index (κ2) is 11.5. The molecule has 1 heterocycles. The van der Waals surface area contributed by atoms with Gasteiger partial charge in [0, 0.05) is 30.9 Å². The molecule has 0 bridgehead atoms. The Morgan fingerprint density at radius 1 is 1.09 bits per heavy atom. The maximum absolute atomic E-state index is 14.1. The van der Waals surface area contributed by atoms with Crippen LogP contribution in [0.3, 0.4) is 0 Å². The molecule has 0 aromatic heterocycles. The zero-order valence-electron chi connectivity index (χ0n) is 18.5. The standard InChI is InChI=1S/C25H24BrCl2FN2O3/c1-32-24-12-16(11-19(26)25(24)34-15-18-20(27)3-2-4-22(18)29)14-30-17-5-6-23(21(28)13-17)31-7-9-33-10-8-31/h2-6,11-13,30H,7-10,14-15H2,1H3. The number of hydrogen-bond donors (Lipinski definition) is 1. The van der Waals surface area contributed by atoms with Crippen LogP contribution in [0.1, 0.15) is 11.1 Å². The maximum atomic E-state index is 14.1. The molecule has 1 saturated heterocycles. The molecule has 0 amide bonds. The number of ether oxygens (including phenoxy) is 3. The molecule has 0 spiro atoms. The molecule has 9 heteroatoms. The van der Waals surface area contributed by atoms with Crippen molar-refractivity contribution in [2.24, 2.45) is 0 Å². The minimum absolute atomic E-state index is 0.0218. The quantitative estimate of drug-likeness (QED) is 0.318. The van der Waals surface area contributed by atoms with E-state index in [4.69, 9.17) is 37.4 Å². The summed E-state index contributed by atoms with van der Waals surface area (Å²) in [4.78, 5) is 2.23. The molecule has 0 saturated carbocycles. The lowest BCUT2D eigenvalue weighted by Gasteiger charge is -2.29. The van der Waals surface area contributed by atoms with Crippen LogP contribution in [0.15, 0.2) is 53.0 Å². The Balaban J connectivity index is 1.44. The molecule has 0 atom stereocenters. The van der Waals surface area contributed by atoms with Crippen LogP contribution in [0.25, 0.3) is 0 Å². The maximum Gasteiger partial charge on any atom is 0.175 e. The van der Waals surface area contributed by atoms with Gasteiger partial charge >= 0.3 is 0 Å². The summed E-state index contributed by atoms with van der Waals surface area (Å²) in [5.41, 5.74) is 3.18. The average molecular weight is 570 g/mol. The second-order valence-corrected chi connectivity index (χ2v) is 9.39. The van der Waals surface area contributed by atoms with Crippen LogP contribution in [0, 0.1) is 5.82 Å². The molecule has 0 radical (unpaired) electrons. The third kappa shape index (κ3) is 5.89. The van der Waals surface area contributed by atoms with Crippen LogP contribution in [0.2, 0.25) is 10.0 Å². The van der Waals surface area contributed by atoms with E-state index in [2.05, 4.69) is 26.1 Å². The topological polar surface area (TPSA) is 43.0 Å². The Morgan fingerprint density at radius 3 is 2.59 bits per heavy atom. The Hall–Kier alpha value is -2.19. The second-order valence-electron chi connectivity index (χ2n) is 7.72. The van der Waals surface area contributed by atoms with Gasteiger partial charge in [0.15, 0.2) is 11.5 Å². The summed E-state index contributed by atoms with van der Waals surface area (Å²) in [6.45, 7) is 3.60. The van der Waals surface area contributed by atoms with Crippen molar-refractivity contribution in [3.05, 3.63) is 80.0 Å². The van der Waals surface area contributed by atoms with Crippen molar-refractivity contribution in [3.8, 4) is 11.5 Å². The van der Waals surface area contributed by atoms with Gasteiger partial charge in [-0.2, -0.15) is 0 Å². The van der Waals surface area contributed by atoms with E-state index in [-0.39, 0.29) is 6.61 Å². The van der Waals surface area contributed by atoms with Crippen molar-refractivity contribution in [3.63, 3.8) is 0 Å². The minimum Gasteiger partial charge on any atom is -0.493 e. The number of rotatable bonds is 8. The van der Waals surface area contributed by atoms with E-state index < -0.39 is 5.82 Å². The van der Waals surface area contributed by atoms with Gasteiger partial charge in [0.2, 0.25) is 0 Å². The molecule has 0 aliphatic carbocycles. The number of hydrogen-bond acceptors (Lipinski definition) is 5. The lowest BCUT2D eigenvalue weighted by atomic mass is 10.2. The third-order valence-electron chi connectivity index (χ3n) is 5.51. The summed E-state index contributed by atoms with van der Waals surface area (Å²) in [7, 11) is 1.56. The van der Waals surface area contributed by atoms with Gasteiger partial charge in [-0.05, 0) is 64.0 Å². The predicted octanol–water partition coefficient (Wildman–Crippen LogP) is 6.93. The van der Waals surface area contributed by atoms with Crippen LogP contribution >= 0.6 is 39.1 Å². The first-order valence-electron chi connectivity index (χ1n) is 10.7. The smallest absolute Gasteiger partial charge is 0.175 e. The molecule has 1 fully saturated rings. The molecule has 0 unspecified atom stereocenters. The van der Waals surface area contributed by atoms with Gasteiger partial charge < -0.3 is 24.4 Å². The molecule has 3 aromatic rings. The number of nitrogens with zero attached hydrogens (tertiary/aromatic N) is 1. The summed E-state index contributed by atoms with van der Waals surface area (Å²) in [5, 5.41) is 4.40. The Bertz CT molecular complexity index is 1140. The average Bonchev–Trinajstić information content (AvgIpc) is 2.83. The van der Waals surface area contributed by atoms with Gasteiger partial charge in [-0.15, -0.1) is 0 Å². The fourth-order valence-corrected chi connectivity index (χ4v) is 4.83. The molecule has 5 nitrogen and oxygen atoms in total. The monoisotopic (exact) mass is 568 g/mol. The van der Waals surface area contributed by atoms with E-state index in [0.29, 0.717) is 51.3 Å². The number of morpholine rings is 1. The molecule has 4 rings (SSSR count). The van der Waals surface area contributed by atoms with Crippen molar-refractivity contribution in [2.75, 3.05) is 43.6 Å². The molecule has 1 aliphatic heterocycles. The lowest BCUT2D eigenvalue weighted by molar-refractivity contribution is 0.122. The molecular formula is C25H24BrCl2FN2O3. The van der Waals surface area contributed by atoms with Gasteiger partial charge in [0.25, 0.3) is 0 Å². The van der Waals surface area contributed by atoms with Gasteiger partial charge in [-0.3, -0.25) is 0 Å². The number of nitrogens with one attached hydrogen (secondary N) is 1. The van der Waals surface area contributed by atoms with E-state index in [1.807, 2.05) is 30.3 Å². The predicted molar refractivity (Wildman–Crippen MR) is 138 cm³/mol. The minimum atomic E-state index is -0.415. The van der Waals surface area contributed by atoms with E-state index in [0.717, 1.165) is 30.0 Å². The lowest BCUT2D eigenvalue weighted by Crippen LogP contribution is -2.36. The van der Waals surface area contributed by atoms with Crippen molar-refractivity contribution in [2.45, 2.75) is 13.2 Å². The first kappa shape index (κ1) is 24.9. The highest BCUT2D eigenvalue weighted by Crippen LogP contribution is 2.38. The zero-order chi connectivity index (χ0) is 24.1. The summed E-state index contributed by atoms with van der Waals surface area (Å²) in [6, 6.07) is 14.3. The molecule has 34 heavy (non-hydrogen) atoms. The van der Waals surface area contributed by atoms with E-state index in [9.17, 15) is 4.39 Å². The largest absolute Gasteiger partial charge is 0.493 e. The van der Waals surface area contributed by atoms with Crippen molar-refractivity contribution in [1.82, 2.24) is 0 Å². The molecule has 1 aliphatic rings. The highest BCUT2D eigenvalue weighted by Gasteiger charge is 2.16. The van der Waals surface area contributed by atoms with E-state index >= 15 is 0 Å². The summed E-state index contributed by atoms with van der Waals surface area (Å²) in [5.74, 6) is 0.588. The summed E-state index contributed by atoms with van der Waals surface area (Å²) in [6.07, 6.45) is 0. The van der Waals surface area contributed by atoms with Crippen LogP contribution in [0.5, 0.6) is 11.5 Å². The van der Waals surface area contributed by atoms with Crippen LogP contribution in [-0.4, -0.2) is 33.4 Å². The first-order valence-corrected chi connectivity index (χ1v) is 12.3. The van der Waals surface area contributed by atoms with Crippen LogP contribution < -0.4 is 19.7 Å². The Morgan fingerprint density at radius 2 is 1.88 bits per heavy atom. The highest BCUT2D eigenvalue weighted by atomic mass is 79.9. The molecular weight excluding hydrogens is 546 g/mol. The zero-order valence-corrected chi connectivity index (χ0v) is 21.6. The van der Waals surface area contributed by atoms with Gasteiger partial charge in [-0.1, -0.05) is 29.3 Å². The van der Waals surface area contributed by atoms with E-state index in [1.54, 1.807) is 19.2 Å². The van der Waals surface area contributed by atoms with Gasteiger partial charge in [0.05, 0.1) is 40.5 Å². The van der Waals surface area contributed by atoms with Gasteiger partial charge in [0.1, 0.15) is 12.4 Å². The number of methoxy groups -OCH3 is 1. The fraction of sp³-hybridized carbons (Fsp3) is 0.280. The van der Waals surface area contributed by atoms with Gasteiger partial charge in [-0.25, -0.2) is 4.39 Å². The molecule has 3 aromatic carbocycles. The number of benzene rings is 3. The summed E-state index contributed by atoms with van der Waals surface area (Å²) >= 11 is 16.2. The summed E-state index contributed by atoms with van der Waals surface area (Å²) < 4.78 is 31.6. The Kier molecular flexibility index (Phi) is 8.42. The first-order chi connectivity index (χ1) is 16.5. The third-order valence-corrected chi connectivity index (χ3v) is 6.75. The van der Waals surface area contributed by atoms with E-state index in [1.165, 1.54) is 6.07 Å². The highest BCUT2D eigenvalue weighted by molar-refractivity contribution is 9.10. The molecule has 180 valence electrons. The number of halogens is 4. The van der Waals surface area contributed by atoms with Crippen LogP contribution in [0.4, 0.5) is 15.8 Å². The molecule has 1 N–H and O–H groups in total. The number of anilines is 2. The Labute approximate surface area is 216 Å². The van der Waals surface area contributed by atoms with Crippen molar-refractivity contribution in [1.29, 1.82) is 0 Å². The SMILES string of the molecule is COc1cc(CNc2ccc(N3CCOCC3)c(Cl)c2)cc(Br)c1OCc1c(F)cccc1Cl. The normalized spacial score (nSPS) is 13.6. The van der Waals surface area contributed by atoms with Crippen molar-refractivity contribution < 1.29 is 18.6 Å².